The van der Waals surface area contributed by atoms with Gasteiger partial charge in [0.25, 0.3) is 0 Å². The van der Waals surface area contributed by atoms with Crippen molar-refractivity contribution in [2.45, 2.75) is 19.4 Å². The molecule has 3 aromatic carbocycles. The predicted molar refractivity (Wildman–Crippen MR) is 91.5 cm³/mol. The quantitative estimate of drug-likeness (QED) is 0.749. The van der Waals surface area contributed by atoms with Gasteiger partial charge < -0.3 is 10.1 Å². The molecule has 1 heterocycles. The van der Waals surface area contributed by atoms with Gasteiger partial charge in [-0.2, -0.15) is 0 Å². The molecule has 1 aliphatic rings. The van der Waals surface area contributed by atoms with Crippen LogP contribution in [-0.4, -0.2) is 6.54 Å². The van der Waals surface area contributed by atoms with E-state index in [0.717, 1.165) is 18.7 Å². The zero-order chi connectivity index (χ0) is 14.8. The average Bonchev–Trinajstić information content (AvgIpc) is 2.60. The third-order valence-corrected chi connectivity index (χ3v) is 4.25. The van der Waals surface area contributed by atoms with E-state index >= 15 is 0 Å². The summed E-state index contributed by atoms with van der Waals surface area (Å²) in [6.07, 6.45) is 2.33. The largest absolute Gasteiger partial charge is 0.487 e. The predicted octanol–water partition coefficient (Wildman–Crippen LogP) is 4.78. The second-order valence-electron chi connectivity index (χ2n) is 5.79. The molecule has 0 saturated carbocycles. The Kier molecular flexibility index (Phi) is 3.43. The van der Waals surface area contributed by atoms with Crippen molar-refractivity contribution < 1.29 is 4.74 Å². The van der Waals surface area contributed by atoms with E-state index in [1.807, 2.05) is 0 Å². The average molecular weight is 289 g/mol. The fourth-order valence-electron chi connectivity index (χ4n) is 3.09. The summed E-state index contributed by atoms with van der Waals surface area (Å²) in [5.74, 6) is 0.963. The molecule has 0 atom stereocenters. The Labute approximate surface area is 130 Å². The van der Waals surface area contributed by atoms with Crippen LogP contribution in [0.1, 0.15) is 17.5 Å². The summed E-state index contributed by atoms with van der Waals surface area (Å²) in [6.45, 7) is 1.63. The van der Waals surface area contributed by atoms with Gasteiger partial charge in [0.1, 0.15) is 12.4 Å². The fourth-order valence-corrected chi connectivity index (χ4v) is 3.09. The molecule has 22 heavy (non-hydrogen) atoms. The van der Waals surface area contributed by atoms with Gasteiger partial charge in [-0.25, -0.2) is 0 Å². The van der Waals surface area contributed by atoms with E-state index < -0.39 is 0 Å². The van der Waals surface area contributed by atoms with Crippen LogP contribution >= 0.6 is 0 Å². The number of benzene rings is 3. The van der Waals surface area contributed by atoms with Crippen molar-refractivity contribution in [3.63, 3.8) is 0 Å². The van der Waals surface area contributed by atoms with Crippen LogP contribution in [0, 0.1) is 0 Å². The van der Waals surface area contributed by atoms with Gasteiger partial charge in [0.05, 0.1) is 5.69 Å². The Morgan fingerprint density at radius 3 is 2.77 bits per heavy atom. The van der Waals surface area contributed by atoms with Crippen LogP contribution in [0.3, 0.4) is 0 Å². The maximum Gasteiger partial charge on any atom is 0.143 e. The van der Waals surface area contributed by atoms with Gasteiger partial charge in [-0.05, 0) is 46.9 Å². The summed E-state index contributed by atoms with van der Waals surface area (Å²) in [4.78, 5) is 0. The van der Waals surface area contributed by atoms with Gasteiger partial charge in [-0.1, -0.05) is 48.5 Å². The zero-order valence-electron chi connectivity index (χ0n) is 12.5. The number of fused-ring (bicyclic) bond motifs is 2. The Morgan fingerprint density at radius 1 is 0.909 bits per heavy atom. The van der Waals surface area contributed by atoms with E-state index in [9.17, 15) is 0 Å². The lowest BCUT2D eigenvalue weighted by Gasteiger charge is -2.21. The molecule has 0 aromatic heterocycles. The van der Waals surface area contributed by atoms with Crippen molar-refractivity contribution in [3.05, 3.63) is 71.8 Å². The van der Waals surface area contributed by atoms with E-state index in [1.165, 1.54) is 34.0 Å². The first kappa shape index (κ1) is 13.2. The number of hydrogen-bond donors (Lipinski definition) is 1. The van der Waals surface area contributed by atoms with Crippen molar-refractivity contribution in [3.8, 4) is 5.75 Å². The molecule has 0 unspecified atom stereocenters. The van der Waals surface area contributed by atoms with E-state index in [1.54, 1.807) is 0 Å². The number of hydrogen-bond acceptors (Lipinski definition) is 2. The Hall–Kier alpha value is -2.48. The first-order valence-electron chi connectivity index (χ1n) is 7.86. The SMILES string of the molecule is c1cc2c(c(OCc3ccc4ccccc4c3)c1)NCCC2. The fraction of sp³-hybridized carbons (Fsp3) is 0.200. The molecule has 2 nitrogen and oxygen atoms in total. The minimum atomic E-state index is 0.600. The zero-order valence-corrected chi connectivity index (χ0v) is 12.5. The first-order chi connectivity index (χ1) is 10.9. The molecule has 0 radical (unpaired) electrons. The second-order valence-corrected chi connectivity index (χ2v) is 5.79. The van der Waals surface area contributed by atoms with Crippen molar-refractivity contribution in [2.24, 2.45) is 0 Å². The van der Waals surface area contributed by atoms with Gasteiger partial charge in [0.2, 0.25) is 0 Å². The molecule has 110 valence electrons. The third-order valence-electron chi connectivity index (χ3n) is 4.25. The molecule has 4 rings (SSSR count). The molecular weight excluding hydrogens is 270 g/mol. The highest BCUT2D eigenvalue weighted by atomic mass is 16.5. The monoisotopic (exact) mass is 289 g/mol. The molecule has 0 fully saturated rings. The number of para-hydroxylation sites is 1. The lowest BCUT2D eigenvalue weighted by atomic mass is 10.0. The molecular formula is C20H19NO. The third kappa shape index (κ3) is 2.52. The molecule has 0 bridgehead atoms. The van der Waals surface area contributed by atoms with Gasteiger partial charge in [0, 0.05) is 6.54 Å². The molecule has 1 N–H and O–H groups in total. The molecule has 0 spiro atoms. The number of ether oxygens (including phenoxy) is 1. The molecule has 0 amide bonds. The van der Waals surface area contributed by atoms with Crippen LogP contribution in [-0.2, 0) is 13.0 Å². The maximum atomic E-state index is 6.08. The molecule has 0 saturated heterocycles. The normalized spacial score (nSPS) is 13.5. The number of aryl methyl sites for hydroxylation is 1. The van der Waals surface area contributed by atoms with Crippen LogP contribution in [0.4, 0.5) is 5.69 Å². The highest BCUT2D eigenvalue weighted by molar-refractivity contribution is 5.82. The number of anilines is 1. The molecule has 3 aromatic rings. The molecule has 1 aliphatic heterocycles. The van der Waals surface area contributed by atoms with Gasteiger partial charge >= 0.3 is 0 Å². The molecule has 2 heteroatoms. The highest BCUT2D eigenvalue weighted by Gasteiger charge is 2.13. The van der Waals surface area contributed by atoms with E-state index in [0.29, 0.717) is 6.61 Å². The first-order valence-corrected chi connectivity index (χ1v) is 7.86. The van der Waals surface area contributed by atoms with E-state index in [4.69, 9.17) is 4.74 Å². The minimum absolute atomic E-state index is 0.600. The van der Waals surface area contributed by atoms with Crippen LogP contribution in [0.15, 0.2) is 60.7 Å². The summed E-state index contributed by atoms with van der Waals surface area (Å²) in [7, 11) is 0. The topological polar surface area (TPSA) is 21.3 Å². The van der Waals surface area contributed by atoms with Crippen LogP contribution in [0.25, 0.3) is 10.8 Å². The molecule has 0 aliphatic carbocycles. The Morgan fingerprint density at radius 2 is 1.82 bits per heavy atom. The van der Waals surface area contributed by atoms with E-state index in [-0.39, 0.29) is 0 Å². The summed E-state index contributed by atoms with van der Waals surface area (Å²) < 4.78 is 6.08. The Balaban J connectivity index is 1.56. The Bertz CT molecular complexity index is 810. The van der Waals surface area contributed by atoms with Gasteiger partial charge in [-0.15, -0.1) is 0 Å². The number of nitrogens with one attached hydrogen (secondary N) is 1. The summed E-state index contributed by atoms with van der Waals surface area (Å²) in [6, 6.07) is 21.3. The highest BCUT2D eigenvalue weighted by Crippen LogP contribution is 2.32. The standard InChI is InChI=1S/C20H19NO/c1-2-6-18-13-15(10-11-16(18)5-1)14-22-19-9-3-7-17-8-4-12-21-20(17)19/h1-3,5-7,9-11,13,21H,4,8,12,14H2. The van der Waals surface area contributed by atoms with Crippen molar-refractivity contribution in [1.82, 2.24) is 0 Å². The lowest BCUT2D eigenvalue weighted by Crippen LogP contribution is -2.13. The van der Waals surface area contributed by atoms with Crippen LogP contribution < -0.4 is 10.1 Å². The van der Waals surface area contributed by atoms with E-state index in [2.05, 4.69) is 66.0 Å². The summed E-state index contributed by atoms with van der Waals surface area (Å²) in [5, 5.41) is 6.00. The van der Waals surface area contributed by atoms with Crippen LogP contribution in [0.2, 0.25) is 0 Å². The maximum absolute atomic E-state index is 6.08. The second kappa shape index (κ2) is 5.72. The van der Waals surface area contributed by atoms with Crippen molar-refractivity contribution in [2.75, 3.05) is 11.9 Å². The van der Waals surface area contributed by atoms with Crippen molar-refractivity contribution in [1.29, 1.82) is 0 Å². The van der Waals surface area contributed by atoms with Crippen LogP contribution in [0.5, 0.6) is 5.75 Å². The number of rotatable bonds is 3. The van der Waals surface area contributed by atoms with Crippen molar-refractivity contribution >= 4 is 16.5 Å². The summed E-state index contributed by atoms with van der Waals surface area (Å²) in [5.41, 5.74) is 3.74. The van der Waals surface area contributed by atoms with Gasteiger partial charge in [-0.3, -0.25) is 0 Å². The smallest absolute Gasteiger partial charge is 0.143 e. The summed E-state index contributed by atoms with van der Waals surface area (Å²) >= 11 is 0. The minimum Gasteiger partial charge on any atom is -0.487 e. The van der Waals surface area contributed by atoms with Gasteiger partial charge in [0.15, 0.2) is 0 Å². The lowest BCUT2D eigenvalue weighted by molar-refractivity contribution is 0.307.